The number of nitrogens with zero attached hydrogens (tertiary/aromatic N) is 2. The molecule has 39 heavy (non-hydrogen) atoms. The van der Waals surface area contributed by atoms with Gasteiger partial charge in [-0.15, -0.1) is 0 Å². The molecule has 8 heteroatoms. The molecule has 5 rings (SSSR count). The SMILES string of the molecule is COc1ccc(S(=O)(=O)N(CC(=O)N/N=C/c2c3ccccc3cc3ccccc23)c2ccc(C)cc2)cc1. The molecule has 1 amide bonds. The molecule has 0 atom stereocenters. The van der Waals surface area contributed by atoms with Crippen molar-refractivity contribution in [2.24, 2.45) is 5.10 Å². The molecule has 5 aromatic rings. The van der Waals surface area contributed by atoms with Gasteiger partial charge in [0, 0.05) is 5.56 Å². The lowest BCUT2D eigenvalue weighted by molar-refractivity contribution is -0.119. The summed E-state index contributed by atoms with van der Waals surface area (Å²) in [5.41, 5.74) is 4.72. The number of nitrogens with one attached hydrogen (secondary N) is 1. The molecule has 5 aromatic carbocycles. The molecular formula is C31H27N3O4S. The Balaban J connectivity index is 1.43. The largest absolute Gasteiger partial charge is 0.497 e. The number of carbonyl (C=O) groups excluding carboxylic acids is 1. The molecule has 0 unspecified atom stereocenters. The van der Waals surface area contributed by atoms with Crippen molar-refractivity contribution in [1.29, 1.82) is 0 Å². The van der Waals surface area contributed by atoms with Crippen molar-refractivity contribution >= 4 is 49.4 Å². The minimum Gasteiger partial charge on any atom is -0.497 e. The summed E-state index contributed by atoms with van der Waals surface area (Å²) < 4.78 is 33.4. The summed E-state index contributed by atoms with van der Waals surface area (Å²) in [4.78, 5) is 13.1. The highest BCUT2D eigenvalue weighted by Crippen LogP contribution is 2.28. The van der Waals surface area contributed by atoms with Gasteiger partial charge in [-0.2, -0.15) is 5.10 Å². The molecule has 0 saturated carbocycles. The van der Waals surface area contributed by atoms with Gasteiger partial charge in [0.2, 0.25) is 0 Å². The van der Waals surface area contributed by atoms with Crippen LogP contribution in [-0.4, -0.2) is 34.2 Å². The second kappa shape index (κ2) is 11.0. The lowest BCUT2D eigenvalue weighted by Gasteiger charge is -2.24. The molecule has 0 aliphatic carbocycles. The summed E-state index contributed by atoms with van der Waals surface area (Å²) in [7, 11) is -2.55. The fourth-order valence-electron chi connectivity index (χ4n) is 4.42. The number of aryl methyl sites for hydroxylation is 1. The Morgan fingerprint density at radius 3 is 2.05 bits per heavy atom. The number of sulfonamides is 1. The molecule has 1 N–H and O–H groups in total. The third-order valence-electron chi connectivity index (χ3n) is 6.45. The van der Waals surface area contributed by atoms with Crippen LogP contribution in [0.15, 0.2) is 113 Å². The highest BCUT2D eigenvalue weighted by atomic mass is 32.2. The Morgan fingerprint density at radius 2 is 1.46 bits per heavy atom. The van der Waals surface area contributed by atoms with Crippen LogP contribution < -0.4 is 14.5 Å². The molecule has 0 spiro atoms. The van der Waals surface area contributed by atoms with E-state index in [9.17, 15) is 13.2 Å². The second-order valence-corrected chi connectivity index (χ2v) is 10.9. The van der Waals surface area contributed by atoms with Gasteiger partial charge in [-0.1, -0.05) is 66.2 Å². The first kappa shape index (κ1) is 25.9. The van der Waals surface area contributed by atoms with Crippen molar-refractivity contribution in [3.63, 3.8) is 0 Å². The van der Waals surface area contributed by atoms with Crippen LogP contribution in [0.1, 0.15) is 11.1 Å². The van der Waals surface area contributed by atoms with Crippen molar-refractivity contribution in [3.8, 4) is 5.75 Å². The van der Waals surface area contributed by atoms with E-state index in [2.05, 4.69) is 16.6 Å². The van der Waals surface area contributed by atoms with Crippen LogP contribution in [0.5, 0.6) is 5.75 Å². The van der Waals surface area contributed by atoms with Crippen molar-refractivity contribution in [2.45, 2.75) is 11.8 Å². The van der Waals surface area contributed by atoms with Crippen molar-refractivity contribution < 1.29 is 17.9 Å². The number of amides is 1. The fourth-order valence-corrected chi connectivity index (χ4v) is 5.84. The van der Waals surface area contributed by atoms with Crippen molar-refractivity contribution in [1.82, 2.24) is 5.43 Å². The van der Waals surface area contributed by atoms with Crippen LogP contribution in [-0.2, 0) is 14.8 Å². The third-order valence-corrected chi connectivity index (χ3v) is 8.24. The highest BCUT2D eigenvalue weighted by Gasteiger charge is 2.27. The molecule has 0 radical (unpaired) electrons. The Morgan fingerprint density at radius 1 is 0.872 bits per heavy atom. The van der Waals surface area contributed by atoms with E-state index < -0.39 is 22.5 Å². The summed E-state index contributed by atoms with van der Waals surface area (Å²) in [6.07, 6.45) is 1.61. The zero-order chi connectivity index (χ0) is 27.4. The van der Waals surface area contributed by atoms with Crippen LogP contribution >= 0.6 is 0 Å². The maximum atomic E-state index is 13.6. The van der Waals surface area contributed by atoms with Gasteiger partial charge in [0.25, 0.3) is 15.9 Å². The van der Waals surface area contributed by atoms with E-state index >= 15 is 0 Å². The quantitative estimate of drug-likeness (QED) is 0.157. The normalized spacial score (nSPS) is 11.6. The summed E-state index contributed by atoms with van der Waals surface area (Å²) in [6, 6.07) is 31.0. The smallest absolute Gasteiger partial charge is 0.264 e. The third kappa shape index (κ3) is 5.46. The summed E-state index contributed by atoms with van der Waals surface area (Å²) in [5.74, 6) is -0.0441. The molecule has 7 nitrogen and oxygen atoms in total. The summed E-state index contributed by atoms with van der Waals surface area (Å²) >= 11 is 0. The number of carbonyl (C=O) groups is 1. The average Bonchev–Trinajstić information content (AvgIpc) is 2.96. The predicted octanol–water partition coefficient (Wildman–Crippen LogP) is 5.66. The number of hydrazone groups is 1. The first-order valence-corrected chi connectivity index (χ1v) is 13.8. The van der Waals surface area contributed by atoms with Crippen LogP contribution in [0.2, 0.25) is 0 Å². The number of hydrogen-bond acceptors (Lipinski definition) is 5. The molecule has 196 valence electrons. The van der Waals surface area contributed by atoms with E-state index in [1.54, 1.807) is 42.6 Å². The molecule has 0 heterocycles. The van der Waals surface area contributed by atoms with Gasteiger partial charge in [0.15, 0.2) is 0 Å². The van der Waals surface area contributed by atoms with Crippen LogP contribution in [0.4, 0.5) is 5.69 Å². The van der Waals surface area contributed by atoms with E-state index in [1.165, 1.54) is 19.2 Å². The van der Waals surface area contributed by atoms with Gasteiger partial charge in [-0.25, -0.2) is 13.8 Å². The molecule has 0 aliphatic rings. The first-order valence-electron chi connectivity index (χ1n) is 12.3. The van der Waals surface area contributed by atoms with E-state index in [0.717, 1.165) is 37.0 Å². The minimum atomic E-state index is -4.06. The van der Waals surface area contributed by atoms with Gasteiger partial charge in [-0.3, -0.25) is 9.10 Å². The zero-order valence-electron chi connectivity index (χ0n) is 21.5. The molecular weight excluding hydrogens is 510 g/mol. The Kier molecular flexibility index (Phi) is 7.29. The maximum absolute atomic E-state index is 13.6. The number of hydrogen-bond donors (Lipinski definition) is 1. The number of ether oxygens (including phenoxy) is 1. The lowest BCUT2D eigenvalue weighted by atomic mass is 9.97. The van der Waals surface area contributed by atoms with E-state index in [1.807, 2.05) is 55.5 Å². The number of anilines is 1. The van der Waals surface area contributed by atoms with Crippen LogP contribution in [0.3, 0.4) is 0 Å². The van der Waals surface area contributed by atoms with Crippen LogP contribution in [0, 0.1) is 6.92 Å². The Hall–Kier alpha value is -4.69. The van der Waals surface area contributed by atoms with Gasteiger partial charge in [0.05, 0.1) is 23.9 Å². The van der Waals surface area contributed by atoms with Gasteiger partial charge in [-0.05, 0) is 70.9 Å². The van der Waals surface area contributed by atoms with Gasteiger partial charge in [0.1, 0.15) is 12.3 Å². The van der Waals surface area contributed by atoms with Crippen molar-refractivity contribution in [3.05, 3.63) is 114 Å². The molecule has 0 saturated heterocycles. The average molecular weight is 538 g/mol. The number of benzene rings is 5. The van der Waals surface area contributed by atoms with E-state index in [0.29, 0.717) is 11.4 Å². The predicted molar refractivity (Wildman–Crippen MR) is 156 cm³/mol. The lowest BCUT2D eigenvalue weighted by Crippen LogP contribution is -2.39. The van der Waals surface area contributed by atoms with Crippen molar-refractivity contribution in [2.75, 3.05) is 18.0 Å². The van der Waals surface area contributed by atoms with Crippen LogP contribution in [0.25, 0.3) is 21.5 Å². The van der Waals surface area contributed by atoms with Gasteiger partial charge < -0.3 is 4.74 Å². The van der Waals surface area contributed by atoms with Gasteiger partial charge >= 0.3 is 0 Å². The zero-order valence-corrected chi connectivity index (χ0v) is 22.4. The summed E-state index contributed by atoms with van der Waals surface area (Å²) in [6.45, 7) is 1.45. The molecule has 0 aromatic heterocycles. The monoisotopic (exact) mass is 537 g/mol. The molecule has 0 aliphatic heterocycles. The summed E-state index contributed by atoms with van der Waals surface area (Å²) in [5, 5.41) is 8.32. The Bertz CT molecular complexity index is 1730. The van der Waals surface area contributed by atoms with E-state index in [4.69, 9.17) is 4.74 Å². The Labute approximate surface area is 227 Å². The highest BCUT2D eigenvalue weighted by molar-refractivity contribution is 7.92. The number of rotatable bonds is 8. The topological polar surface area (TPSA) is 88.1 Å². The standard InChI is InChI=1S/C31H27N3O4S/c1-22-11-13-25(14-12-22)34(39(36,37)27-17-15-26(38-2)16-18-27)21-31(35)33-32-20-30-28-9-5-3-7-23(28)19-24-8-4-6-10-29(24)30/h3-20H,21H2,1-2H3,(H,33,35)/b32-20+. The fraction of sp³-hybridized carbons (Fsp3) is 0.0968. The first-order chi connectivity index (χ1) is 18.9. The maximum Gasteiger partial charge on any atom is 0.264 e. The minimum absolute atomic E-state index is 0.0439. The molecule has 0 fully saturated rings. The second-order valence-electron chi connectivity index (χ2n) is 9.05. The number of fused-ring (bicyclic) bond motifs is 2. The van der Waals surface area contributed by atoms with E-state index in [-0.39, 0.29) is 4.90 Å². The molecule has 0 bridgehead atoms. The number of methoxy groups -OCH3 is 1.